The predicted octanol–water partition coefficient (Wildman–Crippen LogP) is 4.27. The summed E-state index contributed by atoms with van der Waals surface area (Å²) in [5.41, 5.74) is 0.0960. The van der Waals surface area contributed by atoms with Crippen LogP contribution in [0.2, 0.25) is 0 Å². The molecule has 1 aromatic rings. The zero-order valence-electron chi connectivity index (χ0n) is 10.0. The van der Waals surface area contributed by atoms with Crippen molar-refractivity contribution in [3.63, 3.8) is 0 Å². The Morgan fingerprint density at radius 3 is 2.61 bits per heavy atom. The molecule has 0 spiro atoms. The lowest BCUT2D eigenvalue weighted by Crippen LogP contribution is -2.25. The fraction of sp³-hybridized carbons (Fsp3) is 0.462. The van der Waals surface area contributed by atoms with Gasteiger partial charge in [-0.25, -0.2) is 4.39 Å². The summed E-state index contributed by atoms with van der Waals surface area (Å²) < 4.78 is 14.1. The maximum Gasteiger partial charge on any atom is 0.254 e. The fourth-order valence-electron chi connectivity index (χ4n) is 1.54. The maximum atomic E-state index is 13.5. The van der Waals surface area contributed by atoms with Crippen LogP contribution in [0.4, 0.5) is 4.39 Å². The van der Waals surface area contributed by atoms with Crippen LogP contribution >= 0.6 is 31.9 Å². The average Bonchev–Trinajstić information content (AvgIpc) is 2.33. The Morgan fingerprint density at radius 1 is 1.22 bits per heavy atom. The molecule has 1 amide bonds. The largest absolute Gasteiger partial charge is 0.352 e. The minimum Gasteiger partial charge on any atom is -0.352 e. The molecule has 0 saturated heterocycles. The standard InChI is InChI=1S/C13H16Br2FNO/c14-7-3-1-2-4-8-17-13(18)11-6-5-10(15)9-12(11)16/h5-6,9H,1-4,7-8H2,(H,17,18). The summed E-state index contributed by atoms with van der Waals surface area (Å²) in [5.74, 6) is -0.846. The Kier molecular flexibility index (Phi) is 7.51. The van der Waals surface area contributed by atoms with Crippen molar-refractivity contribution in [1.29, 1.82) is 0 Å². The van der Waals surface area contributed by atoms with Gasteiger partial charge in [0, 0.05) is 16.3 Å². The number of carbonyl (C=O) groups is 1. The normalized spacial score (nSPS) is 10.4. The molecule has 5 heteroatoms. The van der Waals surface area contributed by atoms with Crippen molar-refractivity contribution in [2.75, 3.05) is 11.9 Å². The molecule has 0 fully saturated rings. The number of carbonyl (C=O) groups excluding carboxylic acids is 1. The Hall–Kier alpha value is -0.420. The van der Waals surface area contributed by atoms with Crippen molar-refractivity contribution in [1.82, 2.24) is 5.32 Å². The van der Waals surface area contributed by atoms with Crippen LogP contribution in [-0.4, -0.2) is 17.8 Å². The van der Waals surface area contributed by atoms with Gasteiger partial charge in [0.1, 0.15) is 5.82 Å². The van der Waals surface area contributed by atoms with Crippen LogP contribution in [0.3, 0.4) is 0 Å². The zero-order chi connectivity index (χ0) is 13.4. The number of halogens is 3. The Balaban J connectivity index is 2.32. The van der Waals surface area contributed by atoms with E-state index >= 15 is 0 Å². The van der Waals surface area contributed by atoms with E-state index in [9.17, 15) is 9.18 Å². The Labute approximate surface area is 124 Å². The number of hydrogen-bond acceptors (Lipinski definition) is 1. The minimum atomic E-state index is -0.499. The van der Waals surface area contributed by atoms with E-state index in [2.05, 4.69) is 37.2 Å². The Morgan fingerprint density at radius 2 is 1.94 bits per heavy atom. The fourth-order valence-corrected chi connectivity index (χ4v) is 2.27. The minimum absolute atomic E-state index is 0.0960. The Bertz CT molecular complexity index is 399. The highest BCUT2D eigenvalue weighted by Gasteiger charge is 2.10. The summed E-state index contributed by atoms with van der Waals surface area (Å²) in [5, 5.41) is 3.75. The first-order chi connectivity index (χ1) is 8.65. The lowest BCUT2D eigenvalue weighted by Gasteiger charge is -2.06. The van der Waals surface area contributed by atoms with Gasteiger partial charge in [0.25, 0.3) is 5.91 Å². The summed E-state index contributed by atoms with van der Waals surface area (Å²) in [6.45, 7) is 0.594. The molecular weight excluding hydrogens is 365 g/mol. The molecule has 0 aliphatic heterocycles. The molecule has 0 heterocycles. The van der Waals surface area contributed by atoms with Crippen molar-refractivity contribution in [3.8, 4) is 0 Å². The summed E-state index contributed by atoms with van der Waals surface area (Å²) in [6.07, 6.45) is 4.30. The van der Waals surface area contributed by atoms with E-state index < -0.39 is 5.82 Å². The first-order valence-electron chi connectivity index (χ1n) is 5.94. The topological polar surface area (TPSA) is 29.1 Å². The number of unbranched alkanes of at least 4 members (excludes halogenated alkanes) is 3. The van der Waals surface area contributed by atoms with Gasteiger partial charge in [-0.2, -0.15) is 0 Å². The molecular formula is C13H16Br2FNO. The van der Waals surface area contributed by atoms with Gasteiger partial charge in [0.05, 0.1) is 5.56 Å². The second-order valence-corrected chi connectivity index (χ2v) is 5.69. The van der Waals surface area contributed by atoms with E-state index in [-0.39, 0.29) is 11.5 Å². The maximum absolute atomic E-state index is 13.5. The van der Waals surface area contributed by atoms with E-state index in [4.69, 9.17) is 0 Å². The molecule has 1 aromatic carbocycles. The molecule has 1 rings (SSSR count). The predicted molar refractivity (Wildman–Crippen MR) is 78.7 cm³/mol. The number of amides is 1. The second-order valence-electron chi connectivity index (χ2n) is 3.98. The number of nitrogens with one attached hydrogen (secondary N) is 1. The van der Waals surface area contributed by atoms with Crippen molar-refractivity contribution < 1.29 is 9.18 Å². The molecule has 0 aromatic heterocycles. The first kappa shape index (κ1) is 15.6. The van der Waals surface area contributed by atoms with E-state index in [0.29, 0.717) is 11.0 Å². The van der Waals surface area contributed by atoms with Gasteiger partial charge in [0.15, 0.2) is 0 Å². The highest BCUT2D eigenvalue weighted by molar-refractivity contribution is 9.10. The molecule has 18 heavy (non-hydrogen) atoms. The summed E-state index contributed by atoms with van der Waals surface area (Å²) in [4.78, 5) is 11.7. The molecule has 1 N–H and O–H groups in total. The van der Waals surface area contributed by atoms with Gasteiger partial charge < -0.3 is 5.32 Å². The molecule has 0 unspecified atom stereocenters. The molecule has 0 bridgehead atoms. The molecule has 0 atom stereocenters. The smallest absolute Gasteiger partial charge is 0.254 e. The van der Waals surface area contributed by atoms with Crippen LogP contribution in [0, 0.1) is 5.82 Å². The lowest BCUT2D eigenvalue weighted by atomic mass is 10.2. The molecule has 2 nitrogen and oxygen atoms in total. The van der Waals surface area contributed by atoms with Crippen molar-refractivity contribution in [3.05, 3.63) is 34.1 Å². The van der Waals surface area contributed by atoms with Crippen molar-refractivity contribution in [2.24, 2.45) is 0 Å². The highest BCUT2D eigenvalue weighted by atomic mass is 79.9. The third-order valence-corrected chi connectivity index (χ3v) is 3.58. The van der Waals surface area contributed by atoms with Gasteiger partial charge in [-0.3, -0.25) is 4.79 Å². The number of rotatable bonds is 7. The summed E-state index contributed by atoms with van der Waals surface area (Å²) in [6, 6.07) is 4.44. The third kappa shape index (κ3) is 5.48. The van der Waals surface area contributed by atoms with E-state index in [1.807, 2.05) is 0 Å². The molecule has 0 saturated carbocycles. The van der Waals surface area contributed by atoms with Gasteiger partial charge >= 0.3 is 0 Å². The van der Waals surface area contributed by atoms with Crippen molar-refractivity contribution >= 4 is 37.8 Å². The van der Waals surface area contributed by atoms with Crippen LogP contribution < -0.4 is 5.32 Å². The van der Waals surface area contributed by atoms with Gasteiger partial charge in [-0.05, 0) is 31.0 Å². The van der Waals surface area contributed by atoms with Gasteiger partial charge in [0.2, 0.25) is 0 Å². The number of benzene rings is 1. The van der Waals surface area contributed by atoms with Crippen LogP contribution in [0.5, 0.6) is 0 Å². The summed E-state index contributed by atoms with van der Waals surface area (Å²) in [7, 11) is 0. The van der Waals surface area contributed by atoms with Gasteiger partial charge in [-0.15, -0.1) is 0 Å². The quantitative estimate of drug-likeness (QED) is 0.555. The van der Waals surface area contributed by atoms with Crippen LogP contribution in [-0.2, 0) is 0 Å². The number of alkyl halides is 1. The van der Waals surface area contributed by atoms with Crippen molar-refractivity contribution in [2.45, 2.75) is 25.7 Å². The molecule has 0 aliphatic rings. The molecule has 0 radical (unpaired) electrons. The SMILES string of the molecule is O=C(NCCCCCCBr)c1ccc(Br)cc1F. The zero-order valence-corrected chi connectivity index (χ0v) is 13.2. The molecule has 100 valence electrons. The molecule has 0 aliphatic carbocycles. The van der Waals surface area contributed by atoms with Crippen LogP contribution in [0.15, 0.2) is 22.7 Å². The van der Waals surface area contributed by atoms with E-state index in [0.717, 1.165) is 31.0 Å². The van der Waals surface area contributed by atoms with E-state index in [1.54, 1.807) is 6.07 Å². The van der Waals surface area contributed by atoms with Crippen LogP contribution in [0.1, 0.15) is 36.0 Å². The van der Waals surface area contributed by atoms with Crippen LogP contribution in [0.25, 0.3) is 0 Å². The summed E-state index contributed by atoms with van der Waals surface area (Å²) >= 11 is 6.53. The average molecular weight is 381 g/mol. The second kappa shape index (κ2) is 8.64. The van der Waals surface area contributed by atoms with Gasteiger partial charge in [-0.1, -0.05) is 44.7 Å². The first-order valence-corrected chi connectivity index (χ1v) is 7.86. The van der Waals surface area contributed by atoms with E-state index in [1.165, 1.54) is 12.1 Å². The highest BCUT2D eigenvalue weighted by Crippen LogP contribution is 2.15. The monoisotopic (exact) mass is 379 g/mol. The lowest BCUT2D eigenvalue weighted by molar-refractivity contribution is 0.0949. The number of hydrogen-bond donors (Lipinski definition) is 1. The third-order valence-electron chi connectivity index (χ3n) is 2.52.